The van der Waals surface area contributed by atoms with Crippen molar-refractivity contribution in [2.45, 2.75) is 12.0 Å². The van der Waals surface area contributed by atoms with Gasteiger partial charge in [0.1, 0.15) is 6.61 Å². The van der Waals surface area contributed by atoms with Crippen LogP contribution in [0.15, 0.2) is 60.7 Å². The van der Waals surface area contributed by atoms with Crippen LogP contribution in [0.3, 0.4) is 0 Å². The molecule has 2 fully saturated rings. The van der Waals surface area contributed by atoms with Gasteiger partial charge in [-0.1, -0.05) is 60.7 Å². The van der Waals surface area contributed by atoms with Crippen LogP contribution < -0.4 is 10.6 Å². The van der Waals surface area contributed by atoms with Gasteiger partial charge in [0.05, 0.1) is 0 Å². The molecule has 132 valence electrons. The number of fused-ring (bicyclic) bond motifs is 1. The lowest BCUT2D eigenvalue weighted by atomic mass is 9.91. The molecular weight excluding hydrogens is 336 g/mol. The van der Waals surface area contributed by atoms with E-state index in [9.17, 15) is 4.79 Å². The van der Waals surface area contributed by atoms with E-state index in [2.05, 4.69) is 34.9 Å². The Bertz CT molecular complexity index is 698. The monoisotopic (exact) mass is 358 g/mol. The lowest BCUT2D eigenvalue weighted by Gasteiger charge is -2.22. The zero-order valence-corrected chi connectivity index (χ0v) is 14.8. The van der Waals surface area contributed by atoms with Gasteiger partial charge in [0.15, 0.2) is 0 Å². The number of benzene rings is 2. The molecule has 2 unspecified atom stereocenters. The van der Waals surface area contributed by atoms with Gasteiger partial charge in [-0.15, -0.1) is 12.4 Å². The van der Waals surface area contributed by atoms with Gasteiger partial charge in [-0.2, -0.15) is 0 Å². The van der Waals surface area contributed by atoms with Gasteiger partial charge in [-0.3, -0.25) is 0 Å². The van der Waals surface area contributed by atoms with Crippen molar-refractivity contribution in [3.63, 3.8) is 0 Å². The number of carbonyl (C=O) groups excluding carboxylic acids is 1. The summed E-state index contributed by atoms with van der Waals surface area (Å²) < 4.78 is 5.60. The predicted octanol–water partition coefficient (Wildman–Crippen LogP) is 3.12. The Kier molecular flexibility index (Phi) is 5.30. The molecule has 5 heteroatoms. The Morgan fingerprint density at radius 1 is 1.04 bits per heavy atom. The van der Waals surface area contributed by atoms with Crippen molar-refractivity contribution in [3.8, 4) is 0 Å². The maximum absolute atomic E-state index is 12.1. The molecule has 1 heterocycles. The highest BCUT2D eigenvalue weighted by molar-refractivity contribution is 5.85. The normalized spacial score (nSPS) is 26.2. The van der Waals surface area contributed by atoms with E-state index in [1.807, 2.05) is 36.4 Å². The third-order valence-electron chi connectivity index (χ3n) is 5.46. The van der Waals surface area contributed by atoms with E-state index in [0.29, 0.717) is 25.0 Å². The van der Waals surface area contributed by atoms with Crippen LogP contribution in [-0.4, -0.2) is 25.8 Å². The van der Waals surface area contributed by atoms with Crippen molar-refractivity contribution < 1.29 is 9.53 Å². The number of halogens is 1. The van der Waals surface area contributed by atoms with E-state index in [4.69, 9.17) is 4.74 Å². The average Bonchev–Trinajstić information content (AvgIpc) is 2.99. The van der Waals surface area contributed by atoms with Gasteiger partial charge in [-0.05, 0) is 36.1 Å². The van der Waals surface area contributed by atoms with Gasteiger partial charge >= 0.3 is 6.09 Å². The van der Waals surface area contributed by atoms with E-state index >= 15 is 0 Å². The SMILES string of the molecule is Cl.O=C(NCc1ccccc1)OCC1(c2ccccc2)C2CNCC21. The molecule has 4 rings (SSSR count). The largest absolute Gasteiger partial charge is 0.449 e. The lowest BCUT2D eigenvalue weighted by Crippen LogP contribution is -2.33. The number of ether oxygens (including phenoxy) is 1. The molecule has 0 bridgehead atoms. The lowest BCUT2D eigenvalue weighted by molar-refractivity contribution is 0.128. The second-order valence-electron chi connectivity index (χ2n) is 6.69. The van der Waals surface area contributed by atoms with Crippen LogP contribution in [0.2, 0.25) is 0 Å². The molecule has 1 amide bonds. The number of alkyl carbamates (subject to hydrolysis) is 1. The fourth-order valence-electron chi connectivity index (χ4n) is 4.13. The first-order valence-corrected chi connectivity index (χ1v) is 8.51. The van der Waals surface area contributed by atoms with Crippen molar-refractivity contribution in [1.82, 2.24) is 10.6 Å². The van der Waals surface area contributed by atoms with Gasteiger partial charge < -0.3 is 15.4 Å². The summed E-state index contributed by atoms with van der Waals surface area (Å²) in [6.07, 6.45) is -0.341. The molecule has 1 saturated heterocycles. The number of piperidine rings is 1. The molecule has 0 radical (unpaired) electrons. The summed E-state index contributed by atoms with van der Waals surface area (Å²) in [6.45, 7) is 2.96. The summed E-state index contributed by atoms with van der Waals surface area (Å²) in [6, 6.07) is 20.3. The molecule has 25 heavy (non-hydrogen) atoms. The summed E-state index contributed by atoms with van der Waals surface area (Å²) in [5.41, 5.74) is 2.36. The van der Waals surface area contributed by atoms with Gasteiger partial charge in [0.25, 0.3) is 0 Å². The number of hydrogen-bond acceptors (Lipinski definition) is 3. The van der Waals surface area contributed by atoms with Gasteiger partial charge in [0.2, 0.25) is 0 Å². The summed E-state index contributed by atoms with van der Waals surface area (Å²) >= 11 is 0. The Hall–Kier alpha value is -2.04. The van der Waals surface area contributed by atoms with Gasteiger partial charge in [0, 0.05) is 12.0 Å². The van der Waals surface area contributed by atoms with Crippen molar-refractivity contribution in [1.29, 1.82) is 0 Å². The van der Waals surface area contributed by atoms with Crippen molar-refractivity contribution >= 4 is 18.5 Å². The second kappa shape index (κ2) is 7.46. The quantitative estimate of drug-likeness (QED) is 0.863. The Morgan fingerprint density at radius 3 is 2.28 bits per heavy atom. The third kappa shape index (κ3) is 3.37. The predicted molar refractivity (Wildman–Crippen MR) is 99.8 cm³/mol. The smallest absolute Gasteiger partial charge is 0.407 e. The zero-order chi connectivity index (χ0) is 16.4. The number of carbonyl (C=O) groups is 1. The second-order valence-corrected chi connectivity index (χ2v) is 6.69. The molecular formula is C20H23ClN2O2. The van der Waals surface area contributed by atoms with Crippen molar-refractivity contribution in [2.75, 3.05) is 19.7 Å². The molecule has 0 spiro atoms. The average molecular weight is 359 g/mol. The van der Waals surface area contributed by atoms with Crippen molar-refractivity contribution in [3.05, 3.63) is 71.8 Å². The van der Waals surface area contributed by atoms with E-state index in [1.54, 1.807) is 0 Å². The minimum absolute atomic E-state index is 0. The summed E-state index contributed by atoms with van der Waals surface area (Å²) in [4.78, 5) is 12.1. The number of amides is 1. The number of hydrogen-bond donors (Lipinski definition) is 2. The summed E-state index contributed by atoms with van der Waals surface area (Å²) in [7, 11) is 0. The first kappa shape index (κ1) is 17.8. The van der Waals surface area contributed by atoms with Crippen LogP contribution in [0.5, 0.6) is 0 Å². The molecule has 2 N–H and O–H groups in total. The Morgan fingerprint density at radius 2 is 1.64 bits per heavy atom. The topological polar surface area (TPSA) is 50.4 Å². The number of nitrogens with one attached hydrogen (secondary N) is 2. The minimum Gasteiger partial charge on any atom is -0.449 e. The highest BCUT2D eigenvalue weighted by Crippen LogP contribution is 2.61. The summed E-state index contributed by atoms with van der Waals surface area (Å²) in [5.74, 6) is 1.14. The molecule has 2 aromatic rings. The Labute approximate surface area is 154 Å². The fourth-order valence-corrected chi connectivity index (χ4v) is 4.13. The minimum atomic E-state index is -0.341. The number of rotatable bonds is 5. The van der Waals surface area contributed by atoms with Crippen LogP contribution in [0.1, 0.15) is 11.1 Å². The van der Waals surface area contributed by atoms with Crippen LogP contribution in [0.25, 0.3) is 0 Å². The van der Waals surface area contributed by atoms with E-state index in [1.165, 1.54) is 5.56 Å². The molecule has 0 aromatic heterocycles. The zero-order valence-electron chi connectivity index (χ0n) is 14.0. The van der Waals surface area contributed by atoms with E-state index < -0.39 is 0 Å². The maximum Gasteiger partial charge on any atom is 0.407 e. The summed E-state index contributed by atoms with van der Waals surface area (Å²) in [5, 5.41) is 6.26. The molecule has 1 saturated carbocycles. The maximum atomic E-state index is 12.1. The highest BCUT2D eigenvalue weighted by atomic mass is 35.5. The van der Waals surface area contributed by atoms with Crippen LogP contribution >= 0.6 is 12.4 Å². The molecule has 4 nitrogen and oxygen atoms in total. The van der Waals surface area contributed by atoms with Gasteiger partial charge in [-0.25, -0.2) is 4.79 Å². The third-order valence-corrected chi connectivity index (χ3v) is 5.46. The first-order valence-electron chi connectivity index (χ1n) is 8.51. The van der Waals surface area contributed by atoms with E-state index in [-0.39, 0.29) is 23.9 Å². The first-order chi connectivity index (χ1) is 11.8. The highest BCUT2D eigenvalue weighted by Gasteiger charge is 2.67. The van der Waals surface area contributed by atoms with Crippen LogP contribution in [-0.2, 0) is 16.7 Å². The molecule has 1 aliphatic carbocycles. The molecule has 1 aliphatic heterocycles. The van der Waals surface area contributed by atoms with Crippen LogP contribution in [0.4, 0.5) is 4.79 Å². The van der Waals surface area contributed by atoms with Crippen molar-refractivity contribution in [2.24, 2.45) is 11.8 Å². The fraction of sp³-hybridized carbons (Fsp3) is 0.350. The Balaban J connectivity index is 0.00000182. The molecule has 2 aromatic carbocycles. The molecule has 2 atom stereocenters. The molecule has 2 aliphatic rings. The van der Waals surface area contributed by atoms with E-state index in [0.717, 1.165) is 18.7 Å². The van der Waals surface area contributed by atoms with Crippen LogP contribution in [0, 0.1) is 11.8 Å². The standard InChI is InChI=1S/C20H22N2O2.ClH/c23-19(22-11-15-7-3-1-4-8-15)24-14-20(16-9-5-2-6-10-16)17-12-21-13-18(17)20;/h1-10,17-18,21H,11-14H2,(H,22,23);1H.